The SMILES string of the molecule is Cc1csc(-c2[nH]nc(N)c2-c2ccc(Cl)c(Cl)c2)c1Cl. The van der Waals surface area contributed by atoms with E-state index in [-0.39, 0.29) is 0 Å². The van der Waals surface area contributed by atoms with Crippen molar-refractivity contribution in [1.29, 1.82) is 0 Å². The van der Waals surface area contributed by atoms with E-state index in [1.807, 2.05) is 18.4 Å². The van der Waals surface area contributed by atoms with E-state index in [2.05, 4.69) is 10.2 Å². The molecule has 0 atom stereocenters. The van der Waals surface area contributed by atoms with E-state index in [4.69, 9.17) is 40.5 Å². The molecule has 3 aromatic rings. The molecule has 0 unspecified atom stereocenters. The molecule has 1 aromatic carbocycles. The first-order valence-electron chi connectivity index (χ1n) is 6.02. The largest absolute Gasteiger partial charge is 0.382 e. The van der Waals surface area contributed by atoms with Gasteiger partial charge in [0.25, 0.3) is 0 Å². The molecule has 2 aromatic heterocycles. The van der Waals surface area contributed by atoms with Gasteiger partial charge in [-0.3, -0.25) is 5.10 Å². The van der Waals surface area contributed by atoms with Crippen molar-refractivity contribution < 1.29 is 0 Å². The fraction of sp³-hybridized carbons (Fsp3) is 0.0714. The Morgan fingerprint density at radius 1 is 1.19 bits per heavy atom. The molecule has 0 aliphatic carbocycles. The Hall–Kier alpha value is -1.20. The first-order valence-corrected chi connectivity index (χ1v) is 8.03. The molecule has 0 saturated heterocycles. The molecule has 2 heterocycles. The second-order valence-corrected chi connectivity index (χ2v) is 6.62. The standard InChI is InChI=1S/C14H10Cl3N3S/c1-6-5-21-13(11(6)17)12-10(14(18)20-19-12)7-2-3-8(15)9(16)4-7/h2-5H,1H3,(H3,18,19,20). The van der Waals surface area contributed by atoms with Gasteiger partial charge >= 0.3 is 0 Å². The Morgan fingerprint density at radius 2 is 1.95 bits per heavy atom. The van der Waals surface area contributed by atoms with Gasteiger partial charge in [0, 0.05) is 0 Å². The predicted octanol–water partition coefficient (Wildman–Crippen LogP) is 5.66. The van der Waals surface area contributed by atoms with Gasteiger partial charge in [-0.2, -0.15) is 5.10 Å². The topological polar surface area (TPSA) is 54.7 Å². The number of aryl methyl sites for hydroxylation is 1. The molecule has 7 heteroatoms. The van der Waals surface area contributed by atoms with Crippen LogP contribution < -0.4 is 5.73 Å². The number of thiophene rings is 1. The van der Waals surface area contributed by atoms with Gasteiger partial charge in [-0.05, 0) is 35.6 Å². The van der Waals surface area contributed by atoms with E-state index in [0.717, 1.165) is 27.3 Å². The highest BCUT2D eigenvalue weighted by atomic mass is 35.5. The molecule has 0 fully saturated rings. The number of H-pyrrole nitrogens is 1. The van der Waals surface area contributed by atoms with Gasteiger partial charge in [-0.25, -0.2) is 0 Å². The monoisotopic (exact) mass is 357 g/mol. The second kappa shape index (κ2) is 5.54. The van der Waals surface area contributed by atoms with Crippen molar-refractivity contribution >= 4 is 52.0 Å². The van der Waals surface area contributed by atoms with Gasteiger partial charge in [0.15, 0.2) is 5.82 Å². The molecule has 3 rings (SSSR count). The molecule has 21 heavy (non-hydrogen) atoms. The van der Waals surface area contributed by atoms with Crippen LogP contribution in [0.1, 0.15) is 5.56 Å². The Balaban J connectivity index is 2.22. The third-order valence-electron chi connectivity index (χ3n) is 3.13. The number of aromatic nitrogens is 2. The first kappa shape index (κ1) is 14.7. The van der Waals surface area contributed by atoms with Gasteiger partial charge in [0.1, 0.15) is 0 Å². The average molecular weight is 359 g/mol. The average Bonchev–Trinajstić information content (AvgIpc) is 2.98. The van der Waals surface area contributed by atoms with Crippen molar-refractivity contribution in [2.45, 2.75) is 6.92 Å². The number of anilines is 1. The lowest BCUT2D eigenvalue weighted by Gasteiger charge is -2.05. The molecule has 0 bridgehead atoms. The van der Waals surface area contributed by atoms with Gasteiger partial charge in [0.05, 0.1) is 31.2 Å². The highest BCUT2D eigenvalue weighted by Crippen LogP contribution is 2.43. The molecule has 3 nitrogen and oxygen atoms in total. The normalized spacial score (nSPS) is 11.0. The van der Waals surface area contributed by atoms with Crippen molar-refractivity contribution in [3.63, 3.8) is 0 Å². The van der Waals surface area contributed by atoms with Crippen LogP contribution in [0.5, 0.6) is 0 Å². The summed E-state index contributed by atoms with van der Waals surface area (Å²) < 4.78 is 0. The summed E-state index contributed by atoms with van der Waals surface area (Å²) >= 11 is 19.9. The van der Waals surface area contributed by atoms with Crippen molar-refractivity contribution in [2.75, 3.05) is 5.73 Å². The fourth-order valence-electron chi connectivity index (χ4n) is 2.06. The van der Waals surface area contributed by atoms with Crippen LogP contribution >= 0.6 is 46.1 Å². The summed E-state index contributed by atoms with van der Waals surface area (Å²) in [5, 5.41) is 10.7. The minimum atomic E-state index is 0.394. The van der Waals surface area contributed by atoms with E-state index >= 15 is 0 Å². The quantitative estimate of drug-likeness (QED) is 0.621. The molecule has 0 saturated carbocycles. The number of rotatable bonds is 2. The zero-order chi connectivity index (χ0) is 15.1. The highest BCUT2D eigenvalue weighted by Gasteiger charge is 2.19. The maximum Gasteiger partial charge on any atom is 0.153 e. The van der Waals surface area contributed by atoms with Crippen LogP contribution in [0.15, 0.2) is 23.6 Å². The lowest BCUT2D eigenvalue weighted by atomic mass is 10.0. The zero-order valence-electron chi connectivity index (χ0n) is 10.9. The molecule has 0 radical (unpaired) electrons. The molecule has 0 spiro atoms. The first-order chi connectivity index (χ1) is 9.99. The summed E-state index contributed by atoms with van der Waals surface area (Å²) in [6.45, 7) is 1.96. The van der Waals surface area contributed by atoms with Crippen LogP contribution in [0.2, 0.25) is 15.1 Å². The Kier molecular flexibility index (Phi) is 3.88. The number of benzene rings is 1. The van der Waals surface area contributed by atoms with E-state index in [9.17, 15) is 0 Å². The number of nitrogen functional groups attached to an aromatic ring is 1. The van der Waals surface area contributed by atoms with E-state index in [1.165, 1.54) is 0 Å². The molecule has 0 aliphatic rings. The van der Waals surface area contributed by atoms with Crippen LogP contribution in [-0.2, 0) is 0 Å². The van der Waals surface area contributed by atoms with Gasteiger partial charge < -0.3 is 5.73 Å². The lowest BCUT2D eigenvalue weighted by Crippen LogP contribution is -1.88. The highest BCUT2D eigenvalue weighted by molar-refractivity contribution is 7.14. The van der Waals surface area contributed by atoms with Gasteiger partial charge in [0.2, 0.25) is 0 Å². The smallest absolute Gasteiger partial charge is 0.153 e. The Morgan fingerprint density at radius 3 is 2.57 bits per heavy atom. The Labute approximate surface area is 140 Å². The molecular formula is C14H10Cl3N3S. The number of nitrogens with two attached hydrogens (primary N) is 1. The van der Waals surface area contributed by atoms with Crippen LogP contribution in [0.3, 0.4) is 0 Å². The summed E-state index contributed by atoms with van der Waals surface area (Å²) in [5.41, 5.74) is 9.42. The number of hydrogen-bond donors (Lipinski definition) is 2. The Bertz CT molecular complexity index is 823. The second-order valence-electron chi connectivity index (χ2n) is 4.55. The van der Waals surface area contributed by atoms with Crippen LogP contribution in [-0.4, -0.2) is 10.2 Å². The summed E-state index contributed by atoms with van der Waals surface area (Å²) in [7, 11) is 0. The summed E-state index contributed by atoms with van der Waals surface area (Å²) in [4.78, 5) is 0.902. The number of aromatic amines is 1. The van der Waals surface area contributed by atoms with Crippen molar-refractivity contribution in [2.24, 2.45) is 0 Å². The third-order valence-corrected chi connectivity index (χ3v) is 5.58. The number of hydrogen-bond acceptors (Lipinski definition) is 3. The van der Waals surface area contributed by atoms with Crippen molar-refractivity contribution in [3.8, 4) is 21.7 Å². The minimum absolute atomic E-state index is 0.394. The third kappa shape index (κ3) is 2.53. The summed E-state index contributed by atoms with van der Waals surface area (Å²) in [6.07, 6.45) is 0. The minimum Gasteiger partial charge on any atom is -0.382 e. The van der Waals surface area contributed by atoms with Crippen LogP contribution in [0.4, 0.5) is 5.82 Å². The molecule has 3 N–H and O–H groups in total. The van der Waals surface area contributed by atoms with Crippen LogP contribution in [0.25, 0.3) is 21.7 Å². The number of halogens is 3. The van der Waals surface area contributed by atoms with Crippen molar-refractivity contribution in [1.82, 2.24) is 10.2 Å². The summed E-state index contributed by atoms with van der Waals surface area (Å²) in [5.74, 6) is 0.394. The maximum atomic E-state index is 6.34. The molecule has 0 amide bonds. The molecule has 108 valence electrons. The van der Waals surface area contributed by atoms with Crippen LogP contribution in [0, 0.1) is 6.92 Å². The number of nitrogens with one attached hydrogen (secondary N) is 1. The van der Waals surface area contributed by atoms with E-state index in [1.54, 1.807) is 23.5 Å². The summed E-state index contributed by atoms with van der Waals surface area (Å²) in [6, 6.07) is 5.35. The molecular weight excluding hydrogens is 349 g/mol. The fourth-order valence-corrected chi connectivity index (χ4v) is 3.65. The predicted molar refractivity (Wildman–Crippen MR) is 91.5 cm³/mol. The van der Waals surface area contributed by atoms with E-state index < -0.39 is 0 Å². The van der Waals surface area contributed by atoms with Crippen molar-refractivity contribution in [3.05, 3.63) is 44.2 Å². The van der Waals surface area contributed by atoms with Gasteiger partial charge in [-0.15, -0.1) is 11.3 Å². The van der Waals surface area contributed by atoms with E-state index in [0.29, 0.717) is 20.9 Å². The number of nitrogens with zero attached hydrogens (tertiary/aromatic N) is 1. The lowest BCUT2D eigenvalue weighted by molar-refractivity contribution is 1.11. The molecule has 0 aliphatic heterocycles. The maximum absolute atomic E-state index is 6.34. The zero-order valence-corrected chi connectivity index (χ0v) is 14.0. The van der Waals surface area contributed by atoms with Gasteiger partial charge in [-0.1, -0.05) is 40.9 Å².